The smallest absolute Gasteiger partial charge is 0.00693 e. The summed E-state index contributed by atoms with van der Waals surface area (Å²) >= 11 is 1.80. The summed E-state index contributed by atoms with van der Waals surface area (Å²) in [6.45, 7) is 7.98. The van der Waals surface area contributed by atoms with Crippen molar-refractivity contribution in [2.24, 2.45) is 5.92 Å². The van der Waals surface area contributed by atoms with E-state index in [0.29, 0.717) is 5.92 Å². The van der Waals surface area contributed by atoms with Gasteiger partial charge in [-0.15, -0.1) is 11.8 Å². The number of nitrogens with one attached hydrogen (secondary N) is 1. The second-order valence-corrected chi connectivity index (χ2v) is 6.30. The highest BCUT2D eigenvalue weighted by Gasteiger charge is 2.26. The molecule has 0 amide bonds. The topological polar surface area (TPSA) is 12.0 Å². The third kappa shape index (κ3) is 4.04. The van der Waals surface area contributed by atoms with E-state index >= 15 is 0 Å². The molecule has 0 saturated heterocycles. The Morgan fingerprint density at radius 2 is 1.82 bits per heavy atom. The first-order chi connectivity index (χ1) is 8.01. The standard InChI is InChI=1S/C15H25NS/c1-12(2)10-15(3,11-16-4)13-6-8-14(17-5)9-7-13/h6-9,12,16H,10-11H2,1-5H3. The van der Waals surface area contributed by atoms with Crippen LogP contribution in [0.25, 0.3) is 0 Å². The van der Waals surface area contributed by atoms with Crippen LogP contribution in [0.3, 0.4) is 0 Å². The Labute approximate surface area is 110 Å². The number of likely N-dealkylation sites (N-methyl/N-ethyl adjacent to an activating group) is 1. The second kappa shape index (κ2) is 6.46. The Hall–Kier alpha value is -0.470. The van der Waals surface area contributed by atoms with Crippen molar-refractivity contribution in [2.45, 2.75) is 37.5 Å². The van der Waals surface area contributed by atoms with Crippen molar-refractivity contribution in [3.63, 3.8) is 0 Å². The molecule has 2 heteroatoms. The molecule has 1 rings (SSSR count). The van der Waals surface area contributed by atoms with Crippen molar-refractivity contribution in [3.05, 3.63) is 29.8 Å². The van der Waals surface area contributed by atoms with Crippen molar-refractivity contribution in [1.29, 1.82) is 0 Å². The molecule has 0 fully saturated rings. The van der Waals surface area contributed by atoms with Gasteiger partial charge in [0, 0.05) is 16.9 Å². The lowest BCUT2D eigenvalue weighted by Crippen LogP contribution is -2.35. The Kier molecular flexibility index (Phi) is 5.54. The van der Waals surface area contributed by atoms with Crippen molar-refractivity contribution in [2.75, 3.05) is 19.8 Å². The molecule has 0 heterocycles. The van der Waals surface area contributed by atoms with Crippen LogP contribution >= 0.6 is 11.8 Å². The van der Waals surface area contributed by atoms with Crippen LogP contribution in [-0.4, -0.2) is 19.8 Å². The average Bonchev–Trinajstić information content (AvgIpc) is 2.28. The number of benzene rings is 1. The normalized spacial score (nSPS) is 14.9. The number of rotatable bonds is 6. The van der Waals surface area contributed by atoms with Crippen molar-refractivity contribution < 1.29 is 0 Å². The monoisotopic (exact) mass is 251 g/mol. The molecule has 0 aromatic heterocycles. The van der Waals surface area contributed by atoms with E-state index in [2.05, 4.69) is 56.6 Å². The Morgan fingerprint density at radius 1 is 1.24 bits per heavy atom. The van der Waals surface area contributed by atoms with Gasteiger partial charge in [-0.25, -0.2) is 0 Å². The summed E-state index contributed by atoms with van der Waals surface area (Å²) in [5.74, 6) is 0.716. The third-order valence-electron chi connectivity index (χ3n) is 3.21. The van der Waals surface area contributed by atoms with E-state index in [4.69, 9.17) is 0 Å². The number of thioether (sulfide) groups is 1. The highest BCUT2D eigenvalue weighted by molar-refractivity contribution is 7.98. The SMILES string of the molecule is CNCC(C)(CC(C)C)c1ccc(SC)cc1. The lowest BCUT2D eigenvalue weighted by atomic mass is 9.76. The Balaban J connectivity index is 2.95. The van der Waals surface area contributed by atoms with Crippen LogP contribution in [0.1, 0.15) is 32.8 Å². The van der Waals surface area contributed by atoms with Crippen LogP contribution in [-0.2, 0) is 5.41 Å². The van der Waals surface area contributed by atoms with Crippen molar-refractivity contribution in [3.8, 4) is 0 Å². The average molecular weight is 251 g/mol. The van der Waals surface area contributed by atoms with Crippen LogP contribution in [0.5, 0.6) is 0 Å². The van der Waals surface area contributed by atoms with E-state index in [1.807, 2.05) is 7.05 Å². The molecular formula is C15H25NS. The molecule has 1 unspecified atom stereocenters. The van der Waals surface area contributed by atoms with Crippen molar-refractivity contribution >= 4 is 11.8 Å². The fraction of sp³-hybridized carbons (Fsp3) is 0.600. The highest BCUT2D eigenvalue weighted by atomic mass is 32.2. The third-order valence-corrected chi connectivity index (χ3v) is 3.96. The Morgan fingerprint density at radius 3 is 2.24 bits per heavy atom. The van der Waals surface area contributed by atoms with Gasteiger partial charge in [0.25, 0.3) is 0 Å². The molecule has 0 aliphatic carbocycles. The largest absolute Gasteiger partial charge is 0.319 e. The molecule has 0 aliphatic heterocycles. The van der Waals surface area contributed by atoms with E-state index in [1.54, 1.807) is 11.8 Å². The van der Waals surface area contributed by atoms with Gasteiger partial charge in [0.1, 0.15) is 0 Å². The van der Waals surface area contributed by atoms with E-state index in [0.717, 1.165) is 6.54 Å². The summed E-state index contributed by atoms with van der Waals surface area (Å²) in [7, 11) is 2.04. The molecule has 0 saturated carbocycles. The van der Waals surface area contributed by atoms with E-state index < -0.39 is 0 Å². The lowest BCUT2D eigenvalue weighted by Gasteiger charge is -2.32. The number of hydrogen-bond acceptors (Lipinski definition) is 2. The first kappa shape index (κ1) is 14.6. The zero-order valence-electron chi connectivity index (χ0n) is 11.7. The molecule has 1 aromatic rings. The van der Waals surface area contributed by atoms with Gasteiger partial charge < -0.3 is 5.32 Å². The lowest BCUT2D eigenvalue weighted by molar-refractivity contribution is 0.357. The first-order valence-electron chi connectivity index (χ1n) is 6.31. The van der Waals surface area contributed by atoms with Gasteiger partial charge in [0.15, 0.2) is 0 Å². The molecular weight excluding hydrogens is 226 g/mol. The fourth-order valence-electron chi connectivity index (χ4n) is 2.58. The summed E-state index contributed by atoms with van der Waals surface area (Å²) in [5.41, 5.74) is 1.68. The summed E-state index contributed by atoms with van der Waals surface area (Å²) in [5, 5.41) is 3.34. The van der Waals surface area contributed by atoms with Crippen molar-refractivity contribution in [1.82, 2.24) is 5.32 Å². The summed E-state index contributed by atoms with van der Waals surface area (Å²) in [6.07, 6.45) is 3.34. The van der Waals surface area contributed by atoms with E-state index in [-0.39, 0.29) is 5.41 Å². The van der Waals surface area contributed by atoms with Gasteiger partial charge in [-0.05, 0) is 43.3 Å². The Bertz CT molecular complexity index is 331. The van der Waals surface area contributed by atoms with Crippen LogP contribution in [0, 0.1) is 5.92 Å². The van der Waals surface area contributed by atoms with E-state index in [1.165, 1.54) is 16.9 Å². The predicted molar refractivity (Wildman–Crippen MR) is 79.0 cm³/mol. The first-order valence-corrected chi connectivity index (χ1v) is 7.53. The summed E-state index contributed by atoms with van der Waals surface area (Å²) in [4.78, 5) is 1.34. The maximum atomic E-state index is 3.34. The van der Waals surface area contributed by atoms with E-state index in [9.17, 15) is 0 Å². The van der Waals surface area contributed by atoms with Gasteiger partial charge >= 0.3 is 0 Å². The fourth-order valence-corrected chi connectivity index (χ4v) is 2.98. The maximum Gasteiger partial charge on any atom is 0.00693 e. The van der Waals surface area contributed by atoms with Crippen LogP contribution in [0.15, 0.2) is 29.2 Å². The highest BCUT2D eigenvalue weighted by Crippen LogP contribution is 2.31. The van der Waals surface area contributed by atoms with Gasteiger partial charge in [0.2, 0.25) is 0 Å². The molecule has 1 N–H and O–H groups in total. The van der Waals surface area contributed by atoms with Gasteiger partial charge in [-0.1, -0.05) is 32.9 Å². The molecule has 1 atom stereocenters. The zero-order valence-corrected chi connectivity index (χ0v) is 12.5. The minimum atomic E-state index is 0.236. The molecule has 1 nitrogen and oxygen atoms in total. The molecule has 0 spiro atoms. The molecule has 0 aliphatic rings. The maximum absolute atomic E-state index is 3.34. The van der Waals surface area contributed by atoms with Gasteiger partial charge in [-0.2, -0.15) is 0 Å². The molecule has 0 radical (unpaired) electrons. The minimum Gasteiger partial charge on any atom is -0.319 e. The second-order valence-electron chi connectivity index (χ2n) is 5.42. The summed E-state index contributed by atoms with van der Waals surface area (Å²) in [6, 6.07) is 9.03. The van der Waals surface area contributed by atoms with Crippen LogP contribution < -0.4 is 5.32 Å². The minimum absolute atomic E-state index is 0.236. The molecule has 17 heavy (non-hydrogen) atoms. The van der Waals surface area contributed by atoms with Crippen LogP contribution in [0.4, 0.5) is 0 Å². The molecule has 0 bridgehead atoms. The van der Waals surface area contributed by atoms with Gasteiger partial charge in [0.05, 0.1) is 0 Å². The zero-order chi connectivity index (χ0) is 12.9. The van der Waals surface area contributed by atoms with Crippen LogP contribution in [0.2, 0.25) is 0 Å². The predicted octanol–water partition coefficient (Wildman–Crippen LogP) is 3.93. The summed E-state index contributed by atoms with van der Waals surface area (Å²) < 4.78 is 0. The molecule has 96 valence electrons. The number of hydrogen-bond donors (Lipinski definition) is 1. The quantitative estimate of drug-likeness (QED) is 0.769. The molecule has 1 aromatic carbocycles. The van der Waals surface area contributed by atoms with Gasteiger partial charge in [-0.3, -0.25) is 0 Å².